The van der Waals surface area contributed by atoms with Crippen LogP contribution in [0, 0.1) is 6.92 Å². The number of aromatic nitrogens is 2. The summed E-state index contributed by atoms with van der Waals surface area (Å²) in [5.74, 6) is 0. The van der Waals surface area contributed by atoms with E-state index in [1.807, 2.05) is 54.3 Å². The van der Waals surface area contributed by atoms with Crippen molar-refractivity contribution in [3.05, 3.63) is 74.8 Å². The number of aryl methyl sites for hydroxylation is 1. The van der Waals surface area contributed by atoms with Gasteiger partial charge in [0.25, 0.3) is 5.56 Å². The Morgan fingerprint density at radius 3 is 2.77 bits per heavy atom. The first-order valence-corrected chi connectivity index (χ1v) is 9.13. The fourth-order valence-corrected chi connectivity index (χ4v) is 3.60. The lowest BCUT2D eigenvalue weighted by Crippen LogP contribution is -2.42. The number of halogens is 1. The molecule has 0 fully saturated rings. The third-order valence-electron chi connectivity index (χ3n) is 4.57. The Labute approximate surface area is 161 Å². The minimum Gasteiger partial charge on any atom is -0.344 e. The number of nitrogens with one attached hydrogen (secondary N) is 1. The van der Waals surface area contributed by atoms with Crippen molar-refractivity contribution in [2.75, 3.05) is 11.9 Å². The van der Waals surface area contributed by atoms with Crippen LogP contribution in [0.4, 0.5) is 5.69 Å². The number of thiocarbonyl (C=S) groups is 1. The first kappa shape index (κ1) is 17.0. The Kier molecular flexibility index (Phi) is 4.38. The maximum Gasteiger partial charge on any atom is 0.263 e. The summed E-state index contributed by atoms with van der Waals surface area (Å²) in [7, 11) is 0. The average Bonchev–Trinajstić information content (AvgIpc) is 2.63. The highest BCUT2D eigenvalue weighted by Gasteiger charge is 2.23. The highest BCUT2D eigenvalue weighted by molar-refractivity contribution is 7.80. The summed E-state index contributed by atoms with van der Waals surface area (Å²) < 4.78 is 1.66. The van der Waals surface area contributed by atoms with E-state index in [9.17, 15) is 4.79 Å². The van der Waals surface area contributed by atoms with Crippen LogP contribution in [0.3, 0.4) is 0 Å². The first-order valence-electron chi connectivity index (χ1n) is 8.34. The molecule has 3 aromatic rings. The zero-order valence-corrected chi connectivity index (χ0v) is 15.8. The molecule has 0 atom stereocenters. The molecule has 1 aliphatic rings. The SMILES string of the molecule is Cc1cccc2nc3c(c(=O)n12)CN(C(=S)Nc1ccc(Cl)cc1)CC3. The van der Waals surface area contributed by atoms with Crippen LogP contribution in [0.25, 0.3) is 5.65 Å². The van der Waals surface area contributed by atoms with Gasteiger partial charge in [0.1, 0.15) is 5.65 Å². The standard InChI is InChI=1S/C19H17ClN4OS/c1-12-3-2-4-17-22-16-9-10-23(11-15(16)18(25)24(12)17)19(26)21-14-7-5-13(20)6-8-14/h2-8H,9-11H2,1H3,(H,21,26). The molecule has 0 spiro atoms. The number of hydrogen-bond donors (Lipinski definition) is 1. The van der Waals surface area contributed by atoms with Crippen LogP contribution in [-0.4, -0.2) is 25.9 Å². The summed E-state index contributed by atoms with van der Waals surface area (Å²) in [5, 5.41) is 4.47. The zero-order chi connectivity index (χ0) is 18.3. The van der Waals surface area contributed by atoms with Crippen LogP contribution >= 0.6 is 23.8 Å². The molecule has 0 bridgehead atoms. The maximum absolute atomic E-state index is 13.0. The van der Waals surface area contributed by atoms with E-state index in [4.69, 9.17) is 23.8 Å². The average molecular weight is 385 g/mol. The second-order valence-electron chi connectivity index (χ2n) is 6.31. The Morgan fingerprint density at radius 2 is 2.00 bits per heavy atom. The molecule has 0 radical (unpaired) electrons. The number of nitrogens with zero attached hydrogens (tertiary/aromatic N) is 3. The molecule has 3 heterocycles. The quantitative estimate of drug-likeness (QED) is 0.651. The van der Waals surface area contributed by atoms with Gasteiger partial charge in [-0.15, -0.1) is 0 Å². The van der Waals surface area contributed by atoms with E-state index in [2.05, 4.69) is 10.3 Å². The van der Waals surface area contributed by atoms with E-state index in [-0.39, 0.29) is 5.56 Å². The molecule has 0 saturated carbocycles. The largest absolute Gasteiger partial charge is 0.344 e. The van der Waals surface area contributed by atoms with Crippen molar-refractivity contribution in [1.82, 2.24) is 14.3 Å². The highest BCUT2D eigenvalue weighted by atomic mass is 35.5. The minimum atomic E-state index is -0.0120. The maximum atomic E-state index is 13.0. The molecular formula is C19H17ClN4OS. The van der Waals surface area contributed by atoms with Gasteiger partial charge in [0, 0.05) is 29.4 Å². The molecule has 132 valence electrons. The van der Waals surface area contributed by atoms with Gasteiger partial charge in [-0.2, -0.15) is 0 Å². The molecule has 5 nitrogen and oxygen atoms in total. The molecule has 1 N–H and O–H groups in total. The van der Waals surface area contributed by atoms with Gasteiger partial charge in [-0.25, -0.2) is 4.98 Å². The van der Waals surface area contributed by atoms with Gasteiger partial charge in [-0.1, -0.05) is 17.7 Å². The molecule has 1 aliphatic heterocycles. The molecule has 0 amide bonds. The molecular weight excluding hydrogens is 368 g/mol. The van der Waals surface area contributed by atoms with Crippen molar-refractivity contribution in [2.45, 2.75) is 19.9 Å². The van der Waals surface area contributed by atoms with Gasteiger partial charge >= 0.3 is 0 Å². The lowest BCUT2D eigenvalue weighted by molar-refractivity contribution is 0.391. The topological polar surface area (TPSA) is 49.6 Å². The molecule has 0 aliphatic carbocycles. The van der Waals surface area contributed by atoms with E-state index in [0.717, 1.165) is 23.6 Å². The Bertz CT molecular complexity index is 1060. The monoisotopic (exact) mass is 384 g/mol. The van der Waals surface area contributed by atoms with E-state index in [1.165, 1.54) is 0 Å². The van der Waals surface area contributed by atoms with Crippen molar-refractivity contribution in [2.24, 2.45) is 0 Å². The van der Waals surface area contributed by atoms with Crippen molar-refractivity contribution >= 4 is 40.3 Å². The fraction of sp³-hybridized carbons (Fsp3) is 0.211. The molecule has 26 heavy (non-hydrogen) atoms. The number of benzene rings is 1. The van der Waals surface area contributed by atoms with Gasteiger partial charge in [0.2, 0.25) is 0 Å². The molecule has 4 rings (SSSR count). The van der Waals surface area contributed by atoms with Gasteiger partial charge < -0.3 is 10.2 Å². The Hall–Kier alpha value is -2.44. The predicted molar refractivity (Wildman–Crippen MR) is 108 cm³/mol. The van der Waals surface area contributed by atoms with Crippen LogP contribution in [0.15, 0.2) is 47.3 Å². The molecule has 2 aromatic heterocycles. The number of hydrogen-bond acceptors (Lipinski definition) is 3. The molecule has 1 aromatic carbocycles. The van der Waals surface area contributed by atoms with Gasteiger partial charge in [0.05, 0.1) is 17.8 Å². The minimum absolute atomic E-state index is 0.0120. The molecule has 0 saturated heterocycles. The summed E-state index contributed by atoms with van der Waals surface area (Å²) in [6.45, 7) is 3.09. The third kappa shape index (κ3) is 3.06. The Morgan fingerprint density at radius 1 is 1.23 bits per heavy atom. The number of fused-ring (bicyclic) bond motifs is 2. The van der Waals surface area contributed by atoms with E-state index < -0.39 is 0 Å². The smallest absolute Gasteiger partial charge is 0.263 e. The highest BCUT2D eigenvalue weighted by Crippen LogP contribution is 2.18. The van der Waals surface area contributed by atoms with Crippen molar-refractivity contribution < 1.29 is 0 Å². The zero-order valence-electron chi connectivity index (χ0n) is 14.2. The predicted octanol–water partition coefficient (Wildman–Crippen LogP) is 3.41. The van der Waals surface area contributed by atoms with E-state index in [1.54, 1.807) is 4.40 Å². The number of anilines is 1. The fourth-order valence-electron chi connectivity index (χ4n) is 3.20. The van der Waals surface area contributed by atoms with Gasteiger partial charge in [-0.05, 0) is 55.5 Å². The van der Waals surface area contributed by atoms with Gasteiger partial charge in [-0.3, -0.25) is 9.20 Å². The van der Waals surface area contributed by atoms with E-state index >= 15 is 0 Å². The van der Waals surface area contributed by atoms with Crippen LogP contribution < -0.4 is 10.9 Å². The van der Waals surface area contributed by atoms with Gasteiger partial charge in [0.15, 0.2) is 5.11 Å². The first-order chi connectivity index (χ1) is 12.5. The van der Waals surface area contributed by atoms with Crippen molar-refractivity contribution in [3.63, 3.8) is 0 Å². The summed E-state index contributed by atoms with van der Waals surface area (Å²) >= 11 is 11.5. The van der Waals surface area contributed by atoms with Crippen LogP contribution in [0.2, 0.25) is 5.02 Å². The molecule has 0 unspecified atom stereocenters. The third-order valence-corrected chi connectivity index (χ3v) is 5.19. The lowest BCUT2D eigenvalue weighted by Gasteiger charge is -2.30. The summed E-state index contributed by atoms with van der Waals surface area (Å²) in [4.78, 5) is 19.7. The Balaban J connectivity index is 1.63. The van der Waals surface area contributed by atoms with Crippen molar-refractivity contribution in [3.8, 4) is 0 Å². The molecule has 7 heteroatoms. The van der Waals surface area contributed by atoms with E-state index in [0.29, 0.717) is 34.3 Å². The van der Waals surface area contributed by atoms with Crippen LogP contribution in [0.5, 0.6) is 0 Å². The van der Waals surface area contributed by atoms with Crippen LogP contribution in [-0.2, 0) is 13.0 Å². The summed E-state index contributed by atoms with van der Waals surface area (Å²) in [5.41, 5.74) is 4.01. The summed E-state index contributed by atoms with van der Waals surface area (Å²) in [6, 6.07) is 13.1. The van der Waals surface area contributed by atoms with Crippen molar-refractivity contribution in [1.29, 1.82) is 0 Å². The normalized spacial score (nSPS) is 13.5. The number of pyridine rings is 1. The second-order valence-corrected chi connectivity index (χ2v) is 7.13. The lowest BCUT2D eigenvalue weighted by atomic mass is 10.1. The second kappa shape index (κ2) is 6.70. The van der Waals surface area contributed by atoms with Crippen LogP contribution in [0.1, 0.15) is 17.0 Å². The summed E-state index contributed by atoms with van der Waals surface area (Å²) in [6.07, 6.45) is 0.692. The number of rotatable bonds is 1.